The number of halogens is 1. The Balaban J connectivity index is 1.41. The number of anilines is 1. The first-order valence-corrected chi connectivity index (χ1v) is 10.5. The number of carbonyl (C=O) groups is 1. The number of nitro groups is 1. The normalized spacial score (nSPS) is 11.5. The SMILES string of the molecule is CC(Oc1ccc(Oc2nc3ccc(Cl)cc3o2)cc1)C(=O)N(C)c1ccc([N+](=O)[O-])c(C#N)n1. The first-order chi connectivity index (χ1) is 16.7. The quantitative estimate of drug-likeness (QED) is 0.259. The molecule has 2 aromatic carbocycles. The number of ether oxygens (including phenoxy) is 2. The number of pyridine rings is 1. The summed E-state index contributed by atoms with van der Waals surface area (Å²) in [5, 5.41) is 20.6. The van der Waals surface area contributed by atoms with Crippen molar-refractivity contribution in [3.05, 3.63) is 75.4 Å². The van der Waals surface area contributed by atoms with Crippen LogP contribution in [0.25, 0.3) is 11.1 Å². The number of nitrogens with zero attached hydrogens (tertiary/aromatic N) is 5. The highest BCUT2D eigenvalue weighted by atomic mass is 35.5. The smallest absolute Gasteiger partial charge is 0.400 e. The highest BCUT2D eigenvalue weighted by Gasteiger charge is 2.24. The standard InChI is InChI=1S/C23H16ClN5O6/c1-13(22(30)28(2)21-10-9-19(29(31)32)18(12-25)26-21)33-15-4-6-16(7-5-15)34-23-27-17-8-3-14(24)11-20(17)35-23/h3-11,13H,1-2H3. The van der Waals surface area contributed by atoms with Crippen molar-refractivity contribution in [3.63, 3.8) is 0 Å². The van der Waals surface area contributed by atoms with E-state index in [1.807, 2.05) is 0 Å². The maximum Gasteiger partial charge on any atom is 0.400 e. The molecule has 35 heavy (non-hydrogen) atoms. The number of fused-ring (bicyclic) bond motifs is 1. The molecule has 0 N–H and O–H groups in total. The van der Waals surface area contributed by atoms with Gasteiger partial charge in [0.1, 0.15) is 28.9 Å². The minimum Gasteiger partial charge on any atom is -0.481 e. The van der Waals surface area contributed by atoms with Crippen LogP contribution in [0.4, 0.5) is 11.5 Å². The van der Waals surface area contributed by atoms with Gasteiger partial charge in [0.15, 0.2) is 11.7 Å². The van der Waals surface area contributed by atoms with Gasteiger partial charge in [-0.25, -0.2) is 4.98 Å². The number of nitriles is 1. The van der Waals surface area contributed by atoms with E-state index in [4.69, 9.17) is 30.8 Å². The first-order valence-electron chi connectivity index (χ1n) is 10.1. The number of oxazole rings is 1. The molecule has 0 aliphatic rings. The summed E-state index contributed by atoms with van der Waals surface area (Å²) in [5.41, 5.74) is 0.266. The summed E-state index contributed by atoms with van der Waals surface area (Å²) in [7, 11) is 1.43. The molecule has 1 unspecified atom stereocenters. The average molecular weight is 494 g/mol. The average Bonchev–Trinajstić information content (AvgIpc) is 3.24. The van der Waals surface area contributed by atoms with Gasteiger partial charge in [-0.05, 0) is 49.4 Å². The lowest BCUT2D eigenvalue weighted by atomic mass is 10.2. The van der Waals surface area contributed by atoms with Gasteiger partial charge in [-0.2, -0.15) is 10.2 Å². The van der Waals surface area contributed by atoms with Crippen LogP contribution in [0.15, 0.2) is 59.0 Å². The molecule has 4 rings (SSSR count). The fourth-order valence-electron chi connectivity index (χ4n) is 3.11. The molecule has 2 aromatic heterocycles. The van der Waals surface area contributed by atoms with Crippen molar-refractivity contribution in [2.45, 2.75) is 13.0 Å². The van der Waals surface area contributed by atoms with Gasteiger partial charge in [0.25, 0.3) is 5.91 Å². The van der Waals surface area contributed by atoms with E-state index < -0.39 is 28.3 Å². The van der Waals surface area contributed by atoms with E-state index in [-0.39, 0.29) is 11.9 Å². The lowest BCUT2D eigenvalue weighted by Crippen LogP contribution is -2.38. The van der Waals surface area contributed by atoms with Gasteiger partial charge in [0.2, 0.25) is 5.69 Å². The van der Waals surface area contributed by atoms with E-state index in [1.54, 1.807) is 55.5 Å². The summed E-state index contributed by atoms with van der Waals surface area (Å²) in [5.74, 6) is 0.437. The van der Waals surface area contributed by atoms with Gasteiger partial charge in [0.05, 0.1) is 4.92 Å². The molecule has 0 aliphatic carbocycles. The van der Waals surface area contributed by atoms with Crippen LogP contribution in [0.2, 0.25) is 5.02 Å². The van der Waals surface area contributed by atoms with Crippen molar-refractivity contribution < 1.29 is 23.6 Å². The molecule has 0 bridgehead atoms. The van der Waals surface area contributed by atoms with Crippen LogP contribution < -0.4 is 14.4 Å². The molecule has 0 saturated carbocycles. The van der Waals surface area contributed by atoms with Crippen molar-refractivity contribution in [3.8, 4) is 23.6 Å². The zero-order chi connectivity index (χ0) is 25.1. The summed E-state index contributed by atoms with van der Waals surface area (Å²) < 4.78 is 16.8. The molecule has 0 fully saturated rings. The van der Waals surface area contributed by atoms with Crippen LogP contribution in [0.3, 0.4) is 0 Å². The van der Waals surface area contributed by atoms with Gasteiger partial charge in [-0.3, -0.25) is 19.8 Å². The minimum atomic E-state index is -0.920. The summed E-state index contributed by atoms with van der Waals surface area (Å²) in [6, 6.07) is 15.6. The summed E-state index contributed by atoms with van der Waals surface area (Å²) >= 11 is 5.94. The van der Waals surface area contributed by atoms with Crippen LogP contribution in [0, 0.1) is 21.4 Å². The predicted octanol–water partition coefficient (Wildman–Crippen LogP) is 4.88. The number of aromatic nitrogens is 2. The Kier molecular flexibility index (Phi) is 6.48. The highest BCUT2D eigenvalue weighted by Crippen LogP contribution is 2.28. The van der Waals surface area contributed by atoms with Gasteiger partial charge in [-0.15, -0.1) is 0 Å². The van der Waals surface area contributed by atoms with Crippen molar-refractivity contribution in [2.75, 3.05) is 11.9 Å². The van der Waals surface area contributed by atoms with Crippen LogP contribution in [-0.2, 0) is 4.79 Å². The fourth-order valence-corrected chi connectivity index (χ4v) is 3.27. The molecule has 1 atom stereocenters. The predicted molar refractivity (Wildman–Crippen MR) is 125 cm³/mol. The largest absolute Gasteiger partial charge is 0.481 e. The van der Waals surface area contributed by atoms with Crippen LogP contribution >= 0.6 is 11.6 Å². The van der Waals surface area contributed by atoms with E-state index in [0.717, 1.165) is 11.0 Å². The summed E-state index contributed by atoms with van der Waals surface area (Å²) in [4.78, 5) is 32.3. The maximum atomic E-state index is 12.8. The second-order valence-electron chi connectivity index (χ2n) is 7.23. The van der Waals surface area contributed by atoms with Crippen molar-refractivity contribution in [1.29, 1.82) is 5.26 Å². The number of carbonyl (C=O) groups excluding carboxylic acids is 1. The monoisotopic (exact) mass is 493 g/mol. The Hall–Kier alpha value is -4.69. The van der Waals surface area contributed by atoms with E-state index in [9.17, 15) is 14.9 Å². The number of hydrogen-bond acceptors (Lipinski definition) is 9. The van der Waals surface area contributed by atoms with Crippen LogP contribution in [-0.4, -0.2) is 34.0 Å². The number of hydrogen-bond donors (Lipinski definition) is 0. The number of rotatable bonds is 7. The number of likely N-dealkylation sites (N-methyl/N-ethyl adjacent to an activating group) is 1. The highest BCUT2D eigenvalue weighted by molar-refractivity contribution is 6.31. The molecular formula is C23H16ClN5O6. The number of amides is 1. The van der Waals surface area contributed by atoms with E-state index in [1.165, 1.54) is 13.1 Å². The molecule has 0 radical (unpaired) electrons. The molecule has 176 valence electrons. The van der Waals surface area contributed by atoms with Gasteiger partial charge in [-0.1, -0.05) is 11.6 Å². The lowest BCUT2D eigenvalue weighted by molar-refractivity contribution is -0.385. The van der Waals surface area contributed by atoms with Gasteiger partial charge < -0.3 is 13.9 Å². The van der Waals surface area contributed by atoms with E-state index in [2.05, 4.69) is 9.97 Å². The van der Waals surface area contributed by atoms with Crippen molar-refractivity contribution in [2.24, 2.45) is 0 Å². The second kappa shape index (κ2) is 9.66. The number of benzene rings is 2. The Morgan fingerprint density at radius 1 is 1.17 bits per heavy atom. The Morgan fingerprint density at radius 3 is 2.57 bits per heavy atom. The first kappa shape index (κ1) is 23.5. The lowest BCUT2D eigenvalue weighted by Gasteiger charge is -2.21. The minimum absolute atomic E-state index is 0.0495. The van der Waals surface area contributed by atoms with Gasteiger partial charge >= 0.3 is 11.8 Å². The Bertz CT molecular complexity index is 1460. The molecular weight excluding hydrogens is 478 g/mol. The van der Waals surface area contributed by atoms with Gasteiger partial charge in [0, 0.05) is 24.2 Å². The Labute approximate surface area is 203 Å². The summed E-state index contributed by atoms with van der Waals surface area (Å²) in [6.07, 6.45) is -0.871. The molecule has 0 aliphatic heterocycles. The Morgan fingerprint density at radius 2 is 1.89 bits per heavy atom. The molecule has 11 nitrogen and oxygen atoms in total. The van der Waals surface area contributed by atoms with Crippen molar-refractivity contribution in [1.82, 2.24) is 9.97 Å². The topological polar surface area (TPSA) is 145 Å². The zero-order valence-electron chi connectivity index (χ0n) is 18.3. The zero-order valence-corrected chi connectivity index (χ0v) is 19.1. The molecule has 0 spiro atoms. The molecule has 0 saturated heterocycles. The van der Waals surface area contributed by atoms with E-state index >= 15 is 0 Å². The summed E-state index contributed by atoms with van der Waals surface area (Å²) in [6.45, 7) is 1.54. The van der Waals surface area contributed by atoms with Crippen molar-refractivity contribution >= 4 is 40.1 Å². The maximum absolute atomic E-state index is 12.8. The van der Waals surface area contributed by atoms with Crippen LogP contribution in [0.1, 0.15) is 12.6 Å². The van der Waals surface area contributed by atoms with E-state index in [0.29, 0.717) is 27.6 Å². The molecule has 1 amide bonds. The molecule has 2 heterocycles. The molecule has 12 heteroatoms. The molecule has 4 aromatic rings. The third-order valence-corrected chi connectivity index (χ3v) is 5.09. The third-order valence-electron chi connectivity index (χ3n) is 4.86. The second-order valence-corrected chi connectivity index (χ2v) is 7.67. The van der Waals surface area contributed by atoms with Crippen LogP contribution in [0.5, 0.6) is 17.6 Å². The fraction of sp³-hybridized carbons (Fsp3) is 0.130. The third kappa shape index (κ3) is 5.13.